The van der Waals surface area contributed by atoms with Gasteiger partial charge in [0.2, 0.25) is 0 Å². The van der Waals surface area contributed by atoms with Crippen LogP contribution in [0.25, 0.3) is 5.69 Å². The molecule has 1 aromatic carbocycles. The van der Waals surface area contributed by atoms with E-state index in [-0.39, 0.29) is 5.92 Å². The summed E-state index contributed by atoms with van der Waals surface area (Å²) >= 11 is 0. The molecule has 1 N–H and O–H groups in total. The Bertz CT molecular complexity index is 580. The zero-order chi connectivity index (χ0) is 13.8. The van der Waals surface area contributed by atoms with Crippen LogP contribution in [-0.4, -0.2) is 15.6 Å². The molecule has 0 bridgehead atoms. The number of hydrogen-bond donors (Lipinski definition) is 1. The maximum absolute atomic E-state index is 9.08. The molecule has 1 aliphatic carbocycles. The Morgan fingerprint density at radius 1 is 1.30 bits per heavy atom. The number of nitrogens with zero attached hydrogens (tertiary/aromatic N) is 3. The van der Waals surface area contributed by atoms with Crippen LogP contribution in [-0.2, 0) is 6.54 Å². The molecule has 2 aromatic rings. The van der Waals surface area contributed by atoms with Gasteiger partial charge in [-0.1, -0.05) is 18.6 Å². The monoisotopic (exact) mass is 266 g/mol. The smallest absolute Gasteiger partial charge is 0.0991 e. The van der Waals surface area contributed by atoms with Crippen LogP contribution in [0.15, 0.2) is 43.0 Å². The van der Waals surface area contributed by atoms with E-state index in [2.05, 4.69) is 40.6 Å². The third-order valence-electron chi connectivity index (χ3n) is 3.99. The highest BCUT2D eigenvalue weighted by Gasteiger charge is 2.26. The van der Waals surface area contributed by atoms with Crippen LogP contribution < -0.4 is 5.32 Å². The summed E-state index contributed by atoms with van der Waals surface area (Å²) in [7, 11) is 0. The molecule has 1 saturated carbocycles. The van der Waals surface area contributed by atoms with Crippen molar-refractivity contribution < 1.29 is 0 Å². The van der Waals surface area contributed by atoms with Crippen molar-refractivity contribution in [3.8, 4) is 11.8 Å². The second kappa shape index (κ2) is 5.89. The van der Waals surface area contributed by atoms with Gasteiger partial charge in [-0.2, -0.15) is 5.26 Å². The molecule has 102 valence electrons. The summed E-state index contributed by atoms with van der Waals surface area (Å²) in [5.41, 5.74) is 2.36. The number of benzene rings is 1. The molecule has 4 nitrogen and oxygen atoms in total. The van der Waals surface area contributed by atoms with Gasteiger partial charge in [0, 0.05) is 30.7 Å². The predicted octanol–water partition coefficient (Wildman–Crippen LogP) is 2.65. The van der Waals surface area contributed by atoms with E-state index >= 15 is 0 Å². The Labute approximate surface area is 119 Å². The van der Waals surface area contributed by atoms with Gasteiger partial charge in [-0.15, -0.1) is 0 Å². The Morgan fingerprint density at radius 3 is 2.85 bits per heavy atom. The third kappa shape index (κ3) is 2.73. The highest BCUT2D eigenvalue weighted by molar-refractivity contribution is 5.34. The van der Waals surface area contributed by atoms with Gasteiger partial charge in [-0.05, 0) is 30.5 Å². The molecule has 0 saturated heterocycles. The minimum atomic E-state index is 0.181. The molecular formula is C16H18N4. The van der Waals surface area contributed by atoms with Gasteiger partial charge in [0.1, 0.15) is 0 Å². The minimum absolute atomic E-state index is 0.181. The van der Waals surface area contributed by atoms with Crippen LogP contribution >= 0.6 is 0 Å². The van der Waals surface area contributed by atoms with E-state index in [1.807, 2.05) is 10.8 Å². The second-order valence-electron chi connectivity index (χ2n) is 5.29. The molecule has 1 aliphatic rings. The lowest BCUT2D eigenvalue weighted by Gasteiger charge is -2.15. The first-order valence-electron chi connectivity index (χ1n) is 7.07. The van der Waals surface area contributed by atoms with E-state index in [1.54, 1.807) is 12.5 Å². The molecule has 20 heavy (non-hydrogen) atoms. The number of aromatic nitrogens is 2. The number of rotatable bonds is 4. The molecule has 1 heterocycles. The highest BCUT2D eigenvalue weighted by Crippen LogP contribution is 2.25. The van der Waals surface area contributed by atoms with Crippen molar-refractivity contribution in [3.63, 3.8) is 0 Å². The molecule has 1 aromatic heterocycles. The van der Waals surface area contributed by atoms with Crippen molar-refractivity contribution in [1.29, 1.82) is 5.26 Å². The van der Waals surface area contributed by atoms with Crippen LogP contribution in [0.3, 0.4) is 0 Å². The van der Waals surface area contributed by atoms with Gasteiger partial charge >= 0.3 is 0 Å². The average molecular weight is 266 g/mol. The summed E-state index contributed by atoms with van der Waals surface area (Å²) in [4.78, 5) is 4.05. The quantitative estimate of drug-likeness (QED) is 0.925. The number of nitrogens with one attached hydrogen (secondary N) is 1. The first-order valence-corrected chi connectivity index (χ1v) is 7.07. The van der Waals surface area contributed by atoms with Crippen molar-refractivity contribution in [2.45, 2.75) is 31.8 Å². The van der Waals surface area contributed by atoms with E-state index in [9.17, 15) is 0 Å². The topological polar surface area (TPSA) is 53.6 Å². The fourth-order valence-electron chi connectivity index (χ4n) is 2.81. The fraction of sp³-hybridized carbons (Fsp3) is 0.375. The largest absolute Gasteiger partial charge is 0.309 e. The van der Waals surface area contributed by atoms with Crippen molar-refractivity contribution in [1.82, 2.24) is 14.9 Å². The van der Waals surface area contributed by atoms with Gasteiger partial charge in [-0.3, -0.25) is 0 Å². The van der Waals surface area contributed by atoms with E-state index < -0.39 is 0 Å². The molecule has 2 unspecified atom stereocenters. The summed E-state index contributed by atoms with van der Waals surface area (Å²) in [6.45, 7) is 0.826. The SMILES string of the molecule is N#CC1CCCC1NCc1ccc(-n2ccnc2)cc1. The molecule has 0 aliphatic heterocycles. The Kier molecular flexibility index (Phi) is 3.80. The maximum atomic E-state index is 9.08. The lowest BCUT2D eigenvalue weighted by molar-refractivity contribution is 0.464. The van der Waals surface area contributed by atoms with Crippen LogP contribution in [0.4, 0.5) is 0 Å². The molecule has 0 amide bonds. The van der Waals surface area contributed by atoms with Gasteiger partial charge in [0.25, 0.3) is 0 Å². The maximum Gasteiger partial charge on any atom is 0.0991 e. The molecule has 2 atom stereocenters. The van der Waals surface area contributed by atoms with Crippen LogP contribution in [0.1, 0.15) is 24.8 Å². The van der Waals surface area contributed by atoms with Gasteiger partial charge in [-0.25, -0.2) is 4.98 Å². The zero-order valence-electron chi connectivity index (χ0n) is 11.4. The van der Waals surface area contributed by atoms with E-state index in [1.165, 1.54) is 5.56 Å². The average Bonchev–Trinajstić information content (AvgIpc) is 3.16. The molecule has 3 rings (SSSR count). The van der Waals surface area contributed by atoms with Gasteiger partial charge < -0.3 is 9.88 Å². The molecular weight excluding hydrogens is 248 g/mol. The minimum Gasteiger partial charge on any atom is -0.309 e. The predicted molar refractivity (Wildman–Crippen MR) is 77.1 cm³/mol. The Balaban J connectivity index is 1.60. The van der Waals surface area contributed by atoms with Crippen LogP contribution in [0.5, 0.6) is 0 Å². The normalized spacial score (nSPS) is 21.8. The highest BCUT2D eigenvalue weighted by atomic mass is 15.0. The van der Waals surface area contributed by atoms with Crippen molar-refractivity contribution in [2.75, 3.05) is 0 Å². The van der Waals surface area contributed by atoms with Crippen LogP contribution in [0, 0.1) is 17.2 Å². The van der Waals surface area contributed by atoms with Crippen molar-refractivity contribution >= 4 is 0 Å². The summed E-state index contributed by atoms with van der Waals surface area (Å²) < 4.78 is 1.99. The van der Waals surface area contributed by atoms with E-state index in [0.717, 1.165) is 31.5 Å². The standard InChI is InChI=1S/C16H18N4/c17-10-14-2-1-3-16(14)19-11-13-4-6-15(7-5-13)20-9-8-18-12-20/h4-9,12,14,16,19H,1-3,11H2. The van der Waals surface area contributed by atoms with E-state index in [4.69, 9.17) is 5.26 Å². The number of imidazole rings is 1. The lowest BCUT2D eigenvalue weighted by Crippen LogP contribution is -2.31. The summed E-state index contributed by atoms with van der Waals surface area (Å²) in [6, 6.07) is 11.2. The second-order valence-corrected chi connectivity index (χ2v) is 5.29. The van der Waals surface area contributed by atoms with Crippen molar-refractivity contribution in [3.05, 3.63) is 48.5 Å². The van der Waals surface area contributed by atoms with E-state index in [0.29, 0.717) is 6.04 Å². The summed E-state index contributed by atoms with van der Waals surface area (Å²) in [5, 5.41) is 12.6. The molecule has 4 heteroatoms. The zero-order valence-corrected chi connectivity index (χ0v) is 11.4. The lowest BCUT2D eigenvalue weighted by atomic mass is 10.1. The Hall–Kier alpha value is -2.12. The first kappa shape index (κ1) is 12.9. The van der Waals surface area contributed by atoms with Crippen molar-refractivity contribution in [2.24, 2.45) is 5.92 Å². The van der Waals surface area contributed by atoms with Gasteiger partial charge in [0.05, 0.1) is 18.3 Å². The number of hydrogen-bond acceptors (Lipinski definition) is 3. The molecule has 0 radical (unpaired) electrons. The van der Waals surface area contributed by atoms with Gasteiger partial charge in [0.15, 0.2) is 0 Å². The summed E-state index contributed by atoms with van der Waals surface area (Å²) in [5.74, 6) is 0.181. The number of nitriles is 1. The molecule has 0 spiro atoms. The first-order chi connectivity index (χ1) is 9.86. The van der Waals surface area contributed by atoms with Crippen LogP contribution in [0.2, 0.25) is 0 Å². The molecule has 1 fully saturated rings. The summed E-state index contributed by atoms with van der Waals surface area (Å²) in [6.07, 6.45) is 8.82. The third-order valence-corrected chi connectivity index (χ3v) is 3.99. The Morgan fingerprint density at radius 2 is 2.15 bits per heavy atom. The fourth-order valence-corrected chi connectivity index (χ4v) is 2.81.